The van der Waals surface area contributed by atoms with Gasteiger partial charge in [-0.15, -0.1) is 0 Å². The van der Waals surface area contributed by atoms with Gasteiger partial charge < -0.3 is 9.72 Å². The number of halogens is 1. The number of hydrogen-bond donors (Lipinski definition) is 2. The van der Waals surface area contributed by atoms with Gasteiger partial charge in [0, 0.05) is 16.8 Å². The monoisotopic (exact) mass is 458 g/mol. The van der Waals surface area contributed by atoms with Crippen LogP contribution in [-0.4, -0.2) is 23.3 Å². The number of nitro benzene ring substituents is 1. The maximum atomic E-state index is 12.7. The molecule has 3 aromatic carbocycles. The Morgan fingerprint density at radius 2 is 1.84 bits per heavy atom. The summed E-state index contributed by atoms with van der Waals surface area (Å²) in [7, 11) is -3.83. The number of nitrogens with zero attached hydrogens (tertiary/aromatic N) is 2. The van der Waals surface area contributed by atoms with Gasteiger partial charge in [0.05, 0.1) is 20.9 Å². The molecule has 1 heterocycles. The van der Waals surface area contributed by atoms with Crippen molar-refractivity contribution in [3.63, 3.8) is 0 Å². The molecule has 0 amide bonds. The van der Waals surface area contributed by atoms with Crippen LogP contribution in [0.25, 0.3) is 11.0 Å². The van der Waals surface area contributed by atoms with Crippen molar-refractivity contribution in [1.82, 2.24) is 9.97 Å². The van der Waals surface area contributed by atoms with Crippen LogP contribution in [0.5, 0.6) is 5.75 Å². The molecule has 0 aliphatic rings. The molecule has 4 aromatic rings. The van der Waals surface area contributed by atoms with Crippen LogP contribution in [0.4, 0.5) is 11.4 Å². The van der Waals surface area contributed by atoms with Gasteiger partial charge in [-0.1, -0.05) is 23.7 Å². The second kappa shape index (κ2) is 8.25. The zero-order valence-electron chi connectivity index (χ0n) is 15.8. The molecule has 2 N–H and O–H groups in total. The number of H-pyrrole nitrogens is 1. The molecule has 4 rings (SSSR count). The van der Waals surface area contributed by atoms with E-state index in [2.05, 4.69) is 14.7 Å². The summed E-state index contributed by atoms with van der Waals surface area (Å²) in [6, 6.07) is 16.8. The first-order chi connectivity index (χ1) is 14.8. The van der Waals surface area contributed by atoms with Gasteiger partial charge in [0.25, 0.3) is 10.0 Å². The van der Waals surface area contributed by atoms with E-state index in [9.17, 15) is 18.5 Å². The van der Waals surface area contributed by atoms with Crippen LogP contribution in [0.3, 0.4) is 0 Å². The topological polar surface area (TPSA) is 127 Å². The van der Waals surface area contributed by atoms with Crippen LogP contribution < -0.4 is 9.46 Å². The number of ether oxygens (including phenoxy) is 1. The summed E-state index contributed by atoms with van der Waals surface area (Å²) in [6.45, 7) is -0.0510. The lowest BCUT2D eigenvalue weighted by molar-refractivity contribution is -0.385. The van der Waals surface area contributed by atoms with Gasteiger partial charge in [0.1, 0.15) is 12.4 Å². The van der Waals surface area contributed by atoms with Gasteiger partial charge in [-0.2, -0.15) is 0 Å². The molecule has 0 saturated heterocycles. The summed E-state index contributed by atoms with van der Waals surface area (Å²) in [5.41, 5.74) is 1.25. The Bertz CT molecular complexity index is 1370. The van der Waals surface area contributed by atoms with Crippen LogP contribution in [0.15, 0.2) is 71.6 Å². The highest BCUT2D eigenvalue weighted by Crippen LogP contribution is 2.27. The van der Waals surface area contributed by atoms with Gasteiger partial charge in [0.15, 0.2) is 5.75 Å². The van der Waals surface area contributed by atoms with Gasteiger partial charge in [-0.25, -0.2) is 13.4 Å². The van der Waals surface area contributed by atoms with E-state index in [-0.39, 0.29) is 22.9 Å². The molecule has 9 nitrogen and oxygen atoms in total. The minimum Gasteiger partial charge on any atom is -0.479 e. The molecule has 0 aliphatic carbocycles. The number of nitro groups is 1. The number of anilines is 1. The maximum absolute atomic E-state index is 12.7. The lowest BCUT2D eigenvalue weighted by Gasteiger charge is -2.08. The molecule has 158 valence electrons. The summed E-state index contributed by atoms with van der Waals surface area (Å²) in [4.78, 5) is 17.9. The number of benzene rings is 3. The predicted molar refractivity (Wildman–Crippen MR) is 116 cm³/mol. The molecule has 31 heavy (non-hydrogen) atoms. The Morgan fingerprint density at radius 1 is 1.10 bits per heavy atom. The number of sulfonamides is 1. The van der Waals surface area contributed by atoms with E-state index in [1.54, 1.807) is 42.5 Å². The van der Waals surface area contributed by atoms with E-state index in [0.717, 1.165) is 0 Å². The highest BCUT2D eigenvalue weighted by molar-refractivity contribution is 7.92. The number of para-hydroxylation sites is 2. The fourth-order valence-electron chi connectivity index (χ4n) is 2.89. The molecule has 1 aromatic heterocycles. The average molecular weight is 459 g/mol. The zero-order chi connectivity index (χ0) is 22.0. The number of imidazole rings is 1. The molecule has 0 spiro atoms. The van der Waals surface area contributed by atoms with Crippen LogP contribution in [0.1, 0.15) is 5.82 Å². The lowest BCUT2D eigenvalue weighted by Crippen LogP contribution is -2.12. The Morgan fingerprint density at radius 3 is 2.58 bits per heavy atom. The van der Waals surface area contributed by atoms with E-state index in [1.165, 1.54) is 24.3 Å². The third-order valence-corrected chi connectivity index (χ3v) is 5.97. The fourth-order valence-corrected chi connectivity index (χ4v) is 4.10. The van der Waals surface area contributed by atoms with Gasteiger partial charge >= 0.3 is 5.69 Å². The van der Waals surface area contributed by atoms with Gasteiger partial charge in [-0.3, -0.25) is 14.8 Å². The van der Waals surface area contributed by atoms with Crippen molar-refractivity contribution in [3.8, 4) is 5.75 Å². The Hall–Kier alpha value is -3.63. The zero-order valence-corrected chi connectivity index (χ0v) is 17.4. The molecular weight excluding hydrogens is 444 g/mol. The lowest BCUT2D eigenvalue weighted by atomic mass is 10.3. The predicted octanol–water partition coefficient (Wildman–Crippen LogP) is 4.50. The molecule has 0 aliphatic heterocycles. The second-order valence-electron chi connectivity index (χ2n) is 6.49. The second-order valence-corrected chi connectivity index (χ2v) is 8.61. The van der Waals surface area contributed by atoms with Crippen molar-refractivity contribution in [1.29, 1.82) is 0 Å². The Kier molecular flexibility index (Phi) is 5.49. The van der Waals surface area contributed by atoms with Crippen molar-refractivity contribution in [2.75, 3.05) is 4.72 Å². The molecule has 0 radical (unpaired) electrons. The Labute approximate surface area is 181 Å². The standard InChI is InChI=1S/C20H15ClN4O5S/c21-13-5-7-14(8-6-13)24-31(28,29)15-9-10-16-17(11-15)23-20(22-16)12-30-19-4-2-1-3-18(19)25(26)27/h1-11,24H,12H2,(H,22,23). The van der Waals surface area contributed by atoms with E-state index in [1.807, 2.05) is 0 Å². The number of fused-ring (bicyclic) bond motifs is 1. The molecule has 0 unspecified atom stereocenters. The summed E-state index contributed by atoms with van der Waals surface area (Å²) in [5, 5.41) is 11.6. The van der Waals surface area contributed by atoms with Crippen LogP contribution in [0.2, 0.25) is 5.02 Å². The number of nitrogens with one attached hydrogen (secondary N) is 2. The van der Waals surface area contributed by atoms with Crippen molar-refractivity contribution >= 4 is 44.0 Å². The highest BCUT2D eigenvalue weighted by Gasteiger charge is 2.17. The van der Waals surface area contributed by atoms with E-state index in [0.29, 0.717) is 27.6 Å². The summed E-state index contributed by atoms with van der Waals surface area (Å²) >= 11 is 5.82. The third kappa shape index (κ3) is 4.60. The highest BCUT2D eigenvalue weighted by atomic mass is 35.5. The fraction of sp³-hybridized carbons (Fsp3) is 0.0500. The van der Waals surface area contributed by atoms with E-state index in [4.69, 9.17) is 16.3 Å². The minimum absolute atomic E-state index is 0.0461. The molecule has 0 saturated carbocycles. The van der Waals surface area contributed by atoms with Crippen molar-refractivity contribution in [3.05, 3.63) is 87.7 Å². The van der Waals surface area contributed by atoms with Crippen molar-refractivity contribution in [2.24, 2.45) is 0 Å². The van der Waals surface area contributed by atoms with E-state index >= 15 is 0 Å². The summed E-state index contributed by atoms with van der Waals surface area (Å²) in [5.74, 6) is 0.511. The molecule has 11 heteroatoms. The summed E-state index contributed by atoms with van der Waals surface area (Å²) < 4.78 is 33.4. The largest absolute Gasteiger partial charge is 0.479 e. The first-order valence-corrected chi connectivity index (χ1v) is 10.8. The third-order valence-electron chi connectivity index (χ3n) is 4.34. The Balaban J connectivity index is 1.54. The summed E-state index contributed by atoms with van der Waals surface area (Å²) in [6.07, 6.45) is 0. The quantitative estimate of drug-likeness (QED) is 0.310. The number of rotatable bonds is 7. The molecule has 0 atom stereocenters. The number of aromatic amines is 1. The first kappa shape index (κ1) is 20.6. The van der Waals surface area contributed by atoms with Crippen LogP contribution in [0, 0.1) is 10.1 Å². The molecular formula is C20H15ClN4O5S. The average Bonchev–Trinajstić information content (AvgIpc) is 3.16. The minimum atomic E-state index is -3.83. The van der Waals surface area contributed by atoms with Gasteiger partial charge in [-0.05, 0) is 48.5 Å². The normalized spacial score (nSPS) is 11.4. The van der Waals surface area contributed by atoms with Crippen molar-refractivity contribution in [2.45, 2.75) is 11.5 Å². The SMILES string of the molecule is O=[N+]([O-])c1ccccc1OCc1nc2ccc(S(=O)(=O)Nc3ccc(Cl)cc3)cc2[nH]1. The van der Waals surface area contributed by atoms with E-state index < -0.39 is 14.9 Å². The smallest absolute Gasteiger partial charge is 0.310 e. The van der Waals surface area contributed by atoms with Gasteiger partial charge in [0.2, 0.25) is 0 Å². The number of hydrogen-bond acceptors (Lipinski definition) is 6. The van der Waals surface area contributed by atoms with Crippen molar-refractivity contribution < 1.29 is 18.1 Å². The number of aromatic nitrogens is 2. The van der Waals surface area contributed by atoms with Crippen LogP contribution >= 0.6 is 11.6 Å². The molecule has 0 fully saturated rings. The first-order valence-electron chi connectivity index (χ1n) is 8.95. The maximum Gasteiger partial charge on any atom is 0.310 e. The van der Waals surface area contributed by atoms with Crippen LogP contribution in [-0.2, 0) is 16.6 Å². The molecule has 0 bridgehead atoms.